The predicted molar refractivity (Wildman–Crippen MR) is 53.7 cm³/mol. The number of nitrogens with zero attached hydrogens (tertiary/aromatic N) is 1. The van der Waals surface area contributed by atoms with Gasteiger partial charge in [0.15, 0.2) is 0 Å². The van der Waals surface area contributed by atoms with E-state index < -0.39 is 22.5 Å². The van der Waals surface area contributed by atoms with E-state index in [0.29, 0.717) is 18.5 Å². The first kappa shape index (κ1) is 11.5. The van der Waals surface area contributed by atoms with Crippen LogP contribution < -0.4 is 11.5 Å². The highest BCUT2D eigenvalue weighted by Crippen LogP contribution is 2.22. The van der Waals surface area contributed by atoms with Crippen LogP contribution in [-0.4, -0.2) is 11.5 Å². The standard InChI is InChI=1S/C9H12FN3O2/c10-7-2-1-6(8(12)3-4-11)5-9(7)13(14)15/h1-2,5,8H,3-4,11-12H2/t8-/m1/s1. The molecule has 1 aromatic rings. The second-order valence-corrected chi connectivity index (χ2v) is 3.15. The van der Waals surface area contributed by atoms with Gasteiger partial charge < -0.3 is 11.5 Å². The molecule has 5 nitrogen and oxygen atoms in total. The Morgan fingerprint density at radius 2 is 2.20 bits per heavy atom. The van der Waals surface area contributed by atoms with Gasteiger partial charge in [-0.05, 0) is 24.6 Å². The van der Waals surface area contributed by atoms with Gasteiger partial charge in [0.1, 0.15) is 0 Å². The SMILES string of the molecule is NCC[C@@H](N)c1ccc(F)c([N+](=O)[O-])c1. The number of rotatable bonds is 4. The highest BCUT2D eigenvalue weighted by atomic mass is 19.1. The summed E-state index contributed by atoms with van der Waals surface area (Å²) in [7, 11) is 0. The largest absolute Gasteiger partial charge is 0.330 e. The van der Waals surface area contributed by atoms with Crippen LogP contribution in [0.4, 0.5) is 10.1 Å². The van der Waals surface area contributed by atoms with Gasteiger partial charge in [-0.3, -0.25) is 10.1 Å². The molecule has 0 aliphatic rings. The van der Waals surface area contributed by atoms with Crippen LogP contribution in [0.2, 0.25) is 0 Å². The smallest absolute Gasteiger partial charge is 0.305 e. The zero-order valence-electron chi connectivity index (χ0n) is 8.02. The molecule has 82 valence electrons. The molecule has 0 radical (unpaired) electrons. The Labute approximate surface area is 86.0 Å². The molecule has 0 fully saturated rings. The van der Waals surface area contributed by atoms with Crippen LogP contribution in [-0.2, 0) is 0 Å². The Bertz CT molecular complexity index is 370. The van der Waals surface area contributed by atoms with Crippen LogP contribution in [0.15, 0.2) is 18.2 Å². The average molecular weight is 213 g/mol. The van der Waals surface area contributed by atoms with Gasteiger partial charge in [0.05, 0.1) is 4.92 Å². The Hall–Kier alpha value is -1.53. The van der Waals surface area contributed by atoms with Crippen LogP contribution in [0.3, 0.4) is 0 Å². The van der Waals surface area contributed by atoms with Crippen molar-refractivity contribution >= 4 is 5.69 Å². The molecular formula is C9H12FN3O2. The maximum atomic E-state index is 13.0. The molecule has 0 spiro atoms. The van der Waals surface area contributed by atoms with Gasteiger partial charge in [-0.2, -0.15) is 4.39 Å². The maximum absolute atomic E-state index is 13.0. The number of hydrogen-bond donors (Lipinski definition) is 2. The highest BCUT2D eigenvalue weighted by Gasteiger charge is 2.16. The lowest BCUT2D eigenvalue weighted by molar-refractivity contribution is -0.387. The first-order valence-electron chi connectivity index (χ1n) is 4.45. The zero-order valence-corrected chi connectivity index (χ0v) is 8.02. The van der Waals surface area contributed by atoms with E-state index in [4.69, 9.17) is 11.5 Å². The average Bonchev–Trinajstić information content (AvgIpc) is 2.18. The van der Waals surface area contributed by atoms with Gasteiger partial charge >= 0.3 is 5.69 Å². The summed E-state index contributed by atoms with van der Waals surface area (Å²) >= 11 is 0. The molecule has 0 heterocycles. The third-order valence-corrected chi connectivity index (χ3v) is 2.07. The van der Waals surface area contributed by atoms with Gasteiger partial charge in [-0.25, -0.2) is 0 Å². The summed E-state index contributed by atoms with van der Waals surface area (Å²) in [5.41, 5.74) is 11.0. The maximum Gasteiger partial charge on any atom is 0.305 e. The monoisotopic (exact) mass is 213 g/mol. The Morgan fingerprint density at radius 3 is 2.73 bits per heavy atom. The van der Waals surface area contributed by atoms with Gasteiger partial charge in [-0.1, -0.05) is 6.07 Å². The van der Waals surface area contributed by atoms with Crippen molar-refractivity contribution in [3.8, 4) is 0 Å². The summed E-state index contributed by atoms with van der Waals surface area (Å²) in [4.78, 5) is 9.68. The van der Waals surface area contributed by atoms with Crippen LogP contribution >= 0.6 is 0 Å². The fourth-order valence-corrected chi connectivity index (χ4v) is 1.25. The third-order valence-electron chi connectivity index (χ3n) is 2.07. The number of hydrogen-bond acceptors (Lipinski definition) is 4. The highest BCUT2D eigenvalue weighted by molar-refractivity contribution is 5.37. The minimum absolute atomic E-state index is 0.381. The van der Waals surface area contributed by atoms with Crippen molar-refractivity contribution in [1.29, 1.82) is 0 Å². The quantitative estimate of drug-likeness (QED) is 0.577. The predicted octanol–water partition coefficient (Wildman–Crippen LogP) is 1.08. The van der Waals surface area contributed by atoms with Crippen molar-refractivity contribution in [1.82, 2.24) is 0 Å². The number of nitro benzene ring substituents is 1. The van der Waals surface area contributed by atoms with Crippen LogP contribution in [0.25, 0.3) is 0 Å². The molecule has 0 unspecified atom stereocenters. The fourth-order valence-electron chi connectivity index (χ4n) is 1.25. The summed E-state index contributed by atoms with van der Waals surface area (Å²) in [5.74, 6) is -0.858. The molecule has 0 aliphatic carbocycles. The van der Waals surface area contributed by atoms with E-state index in [0.717, 1.165) is 12.1 Å². The van der Waals surface area contributed by atoms with Gasteiger partial charge in [0.25, 0.3) is 0 Å². The lowest BCUT2D eigenvalue weighted by atomic mass is 10.0. The second kappa shape index (κ2) is 4.81. The van der Waals surface area contributed by atoms with E-state index in [1.165, 1.54) is 6.07 Å². The first-order valence-corrected chi connectivity index (χ1v) is 4.45. The third kappa shape index (κ3) is 2.71. The minimum atomic E-state index is -0.858. The lowest BCUT2D eigenvalue weighted by Crippen LogP contribution is -2.15. The Kier molecular flexibility index (Phi) is 3.70. The van der Waals surface area contributed by atoms with Crippen molar-refractivity contribution in [2.75, 3.05) is 6.54 Å². The van der Waals surface area contributed by atoms with Gasteiger partial charge in [0, 0.05) is 12.1 Å². The molecule has 0 amide bonds. The Balaban J connectivity index is 3.02. The van der Waals surface area contributed by atoms with E-state index in [2.05, 4.69) is 0 Å². The van der Waals surface area contributed by atoms with Gasteiger partial charge in [0.2, 0.25) is 5.82 Å². The van der Waals surface area contributed by atoms with E-state index in [1.54, 1.807) is 0 Å². The Morgan fingerprint density at radius 1 is 1.53 bits per heavy atom. The van der Waals surface area contributed by atoms with Crippen molar-refractivity contribution in [3.63, 3.8) is 0 Å². The van der Waals surface area contributed by atoms with E-state index in [1.807, 2.05) is 0 Å². The van der Waals surface area contributed by atoms with E-state index in [-0.39, 0.29) is 0 Å². The zero-order chi connectivity index (χ0) is 11.4. The molecule has 4 N–H and O–H groups in total. The molecular weight excluding hydrogens is 201 g/mol. The summed E-state index contributed by atoms with van der Waals surface area (Å²) in [5, 5.41) is 10.5. The molecule has 6 heteroatoms. The van der Waals surface area contributed by atoms with Crippen LogP contribution in [0, 0.1) is 15.9 Å². The minimum Gasteiger partial charge on any atom is -0.330 e. The van der Waals surface area contributed by atoms with Crippen molar-refractivity contribution in [3.05, 3.63) is 39.7 Å². The number of nitrogens with two attached hydrogens (primary N) is 2. The molecule has 1 rings (SSSR count). The molecule has 0 saturated heterocycles. The fraction of sp³-hybridized carbons (Fsp3) is 0.333. The number of halogens is 1. The molecule has 0 saturated carbocycles. The molecule has 15 heavy (non-hydrogen) atoms. The second-order valence-electron chi connectivity index (χ2n) is 3.15. The van der Waals surface area contributed by atoms with Crippen molar-refractivity contribution in [2.24, 2.45) is 11.5 Å². The van der Waals surface area contributed by atoms with Gasteiger partial charge in [-0.15, -0.1) is 0 Å². The molecule has 0 aromatic heterocycles. The summed E-state index contributed by atoms with van der Waals surface area (Å²) in [6, 6.07) is 3.23. The normalized spacial score (nSPS) is 12.5. The van der Waals surface area contributed by atoms with Crippen molar-refractivity contribution < 1.29 is 9.31 Å². The summed E-state index contributed by atoms with van der Waals surface area (Å²) < 4.78 is 13.0. The molecule has 0 bridgehead atoms. The molecule has 0 aliphatic heterocycles. The molecule has 1 atom stereocenters. The first-order chi connectivity index (χ1) is 7.06. The topological polar surface area (TPSA) is 95.2 Å². The van der Waals surface area contributed by atoms with Crippen molar-refractivity contribution in [2.45, 2.75) is 12.5 Å². The number of benzene rings is 1. The summed E-state index contributed by atoms with van der Waals surface area (Å²) in [6.07, 6.45) is 0.503. The summed E-state index contributed by atoms with van der Waals surface area (Å²) in [6.45, 7) is 0.381. The lowest BCUT2D eigenvalue weighted by Gasteiger charge is -2.10. The van der Waals surface area contributed by atoms with E-state index >= 15 is 0 Å². The van der Waals surface area contributed by atoms with Crippen LogP contribution in [0.5, 0.6) is 0 Å². The van der Waals surface area contributed by atoms with E-state index in [9.17, 15) is 14.5 Å². The number of nitro groups is 1. The van der Waals surface area contributed by atoms with Crippen LogP contribution in [0.1, 0.15) is 18.0 Å². The molecule has 1 aromatic carbocycles.